The summed E-state index contributed by atoms with van der Waals surface area (Å²) in [6, 6.07) is 13.3. The molecule has 0 saturated carbocycles. The highest BCUT2D eigenvalue weighted by atomic mass is 79.9. The molecule has 0 spiro atoms. The molecule has 2 aromatic carbocycles. The Morgan fingerprint density at radius 1 is 1.10 bits per heavy atom. The molecule has 2 rings (SSSR count). The summed E-state index contributed by atoms with van der Waals surface area (Å²) in [5, 5.41) is 11.1. The molecule has 0 amide bonds. The number of halogens is 1. The highest BCUT2D eigenvalue weighted by molar-refractivity contribution is 9.10. The van der Waals surface area contributed by atoms with Gasteiger partial charge in [-0.25, -0.2) is 0 Å². The van der Waals surface area contributed by atoms with E-state index in [1.54, 1.807) is 6.07 Å². The maximum absolute atomic E-state index is 11.1. The molecule has 0 aliphatic carbocycles. The van der Waals surface area contributed by atoms with E-state index in [9.17, 15) is 10.1 Å². The standard InChI is InChI=1S/C16H16BrNO2S/c1-16(2,3)11-4-7-13(8-5-11)21-15-9-6-12(17)10-14(15)18(19)20/h4-10H,1-3H3. The summed E-state index contributed by atoms with van der Waals surface area (Å²) in [5.74, 6) is 0. The molecule has 2 aromatic rings. The van der Waals surface area contributed by atoms with Crippen LogP contribution >= 0.6 is 27.7 Å². The maximum atomic E-state index is 11.1. The fraction of sp³-hybridized carbons (Fsp3) is 0.250. The average Bonchev–Trinajstić information content (AvgIpc) is 2.40. The summed E-state index contributed by atoms with van der Waals surface area (Å²) >= 11 is 4.68. The Morgan fingerprint density at radius 3 is 2.24 bits per heavy atom. The first-order valence-electron chi connectivity index (χ1n) is 6.50. The fourth-order valence-corrected chi connectivity index (χ4v) is 3.12. The van der Waals surface area contributed by atoms with E-state index in [4.69, 9.17) is 0 Å². The molecule has 110 valence electrons. The van der Waals surface area contributed by atoms with Crippen LogP contribution in [0.4, 0.5) is 5.69 Å². The van der Waals surface area contributed by atoms with E-state index in [0.29, 0.717) is 9.37 Å². The second-order valence-corrected chi connectivity index (χ2v) is 7.78. The fourth-order valence-electron chi connectivity index (χ4n) is 1.87. The van der Waals surface area contributed by atoms with Gasteiger partial charge < -0.3 is 0 Å². The number of rotatable bonds is 3. The van der Waals surface area contributed by atoms with Gasteiger partial charge >= 0.3 is 0 Å². The monoisotopic (exact) mass is 365 g/mol. The van der Waals surface area contributed by atoms with Crippen LogP contribution in [-0.2, 0) is 5.41 Å². The number of nitro groups is 1. The van der Waals surface area contributed by atoms with Gasteiger partial charge in [0.1, 0.15) is 0 Å². The molecule has 0 saturated heterocycles. The zero-order chi connectivity index (χ0) is 15.6. The van der Waals surface area contributed by atoms with Crippen molar-refractivity contribution in [3.8, 4) is 0 Å². The number of hydrogen-bond acceptors (Lipinski definition) is 3. The molecule has 21 heavy (non-hydrogen) atoms. The Bertz CT molecular complexity index is 663. The molecular formula is C16H16BrNO2S. The van der Waals surface area contributed by atoms with Crippen molar-refractivity contribution in [3.05, 3.63) is 62.6 Å². The highest BCUT2D eigenvalue weighted by Gasteiger charge is 2.16. The number of benzene rings is 2. The number of nitrogens with zero attached hydrogens (tertiary/aromatic N) is 1. The molecule has 0 bridgehead atoms. The van der Waals surface area contributed by atoms with E-state index in [2.05, 4.69) is 48.8 Å². The van der Waals surface area contributed by atoms with E-state index in [1.165, 1.54) is 23.4 Å². The third kappa shape index (κ3) is 4.08. The minimum atomic E-state index is -0.351. The Morgan fingerprint density at radius 2 is 1.71 bits per heavy atom. The lowest BCUT2D eigenvalue weighted by Gasteiger charge is -2.19. The molecule has 0 unspecified atom stereocenters. The van der Waals surface area contributed by atoms with Gasteiger partial charge in [-0.2, -0.15) is 0 Å². The predicted molar refractivity (Wildman–Crippen MR) is 90.1 cm³/mol. The summed E-state index contributed by atoms with van der Waals surface area (Å²) in [5.41, 5.74) is 1.47. The molecule has 0 heterocycles. The summed E-state index contributed by atoms with van der Waals surface area (Å²) in [6.07, 6.45) is 0. The summed E-state index contributed by atoms with van der Waals surface area (Å²) < 4.78 is 0.710. The van der Waals surface area contributed by atoms with E-state index in [-0.39, 0.29) is 16.0 Å². The van der Waals surface area contributed by atoms with Crippen molar-refractivity contribution in [3.63, 3.8) is 0 Å². The van der Waals surface area contributed by atoms with E-state index in [0.717, 1.165) is 4.90 Å². The molecule has 0 atom stereocenters. The summed E-state index contributed by atoms with van der Waals surface area (Å²) in [4.78, 5) is 12.4. The van der Waals surface area contributed by atoms with Crippen LogP contribution in [0.3, 0.4) is 0 Å². The molecule has 3 nitrogen and oxygen atoms in total. The van der Waals surface area contributed by atoms with E-state index < -0.39 is 0 Å². The van der Waals surface area contributed by atoms with Crippen molar-refractivity contribution < 1.29 is 4.92 Å². The second-order valence-electron chi connectivity index (χ2n) is 5.75. The van der Waals surface area contributed by atoms with Crippen LogP contribution in [0.25, 0.3) is 0 Å². The van der Waals surface area contributed by atoms with Gasteiger partial charge in [0.05, 0.1) is 9.82 Å². The van der Waals surface area contributed by atoms with Crippen molar-refractivity contribution in [1.82, 2.24) is 0 Å². The minimum Gasteiger partial charge on any atom is -0.258 e. The van der Waals surface area contributed by atoms with Gasteiger partial charge in [0.2, 0.25) is 0 Å². The number of hydrogen-bond donors (Lipinski definition) is 0. The summed E-state index contributed by atoms with van der Waals surface area (Å²) in [7, 11) is 0. The molecule has 0 fully saturated rings. The first kappa shape index (κ1) is 16.0. The smallest absolute Gasteiger partial charge is 0.258 e. The second kappa shape index (κ2) is 6.20. The molecule has 0 N–H and O–H groups in total. The molecule has 5 heteroatoms. The predicted octanol–water partition coefficient (Wildman–Crippen LogP) is 5.81. The van der Waals surface area contributed by atoms with Crippen molar-refractivity contribution in [2.24, 2.45) is 0 Å². The van der Waals surface area contributed by atoms with Gasteiger partial charge in [-0.1, -0.05) is 60.6 Å². The number of nitro benzene ring substituents is 1. The average molecular weight is 366 g/mol. The third-order valence-electron chi connectivity index (χ3n) is 3.07. The quantitative estimate of drug-likeness (QED) is 0.509. The van der Waals surface area contributed by atoms with Gasteiger partial charge in [-0.3, -0.25) is 10.1 Å². The van der Waals surface area contributed by atoms with Crippen LogP contribution in [0.15, 0.2) is 56.7 Å². The molecular weight excluding hydrogens is 350 g/mol. The lowest BCUT2D eigenvalue weighted by molar-refractivity contribution is -0.387. The first-order valence-corrected chi connectivity index (χ1v) is 8.10. The first-order chi connectivity index (χ1) is 9.77. The van der Waals surface area contributed by atoms with Gasteiger partial charge in [0.25, 0.3) is 5.69 Å². The zero-order valence-electron chi connectivity index (χ0n) is 12.1. The Labute approximate surface area is 137 Å². The van der Waals surface area contributed by atoms with Crippen molar-refractivity contribution >= 4 is 33.4 Å². The lowest BCUT2D eigenvalue weighted by Crippen LogP contribution is -2.10. The van der Waals surface area contributed by atoms with Gasteiger partial charge in [0, 0.05) is 15.4 Å². The molecule has 0 aromatic heterocycles. The van der Waals surface area contributed by atoms with Crippen LogP contribution in [-0.4, -0.2) is 4.92 Å². The maximum Gasteiger partial charge on any atom is 0.284 e. The third-order valence-corrected chi connectivity index (χ3v) is 4.63. The molecule has 0 aliphatic heterocycles. The van der Waals surface area contributed by atoms with E-state index >= 15 is 0 Å². The molecule has 0 aliphatic rings. The van der Waals surface area contributed by atoms with Crippen molar-refractivity contribution in [2.45, 2.75) is 36.0 Å². The van der Waals surface area contributed by atoms with Crippen LogP contribution in [0.1, 0.15) is 26.3 Å². The Hall–Kier alpha value is -1.33. The Kier molecular flexibility index (Phi) is 4.74. The normalized spacial score (nSPS) is 11.4. The zero-order valence-corrected chi connectivity index (χ0v) is 14.5. The van der Waals surface area contributed by atoms with Gasteiger partial charge in [-0.15, -0.1) is 0 Å². The van der Waals surface area contributed by atoms with E-state index in [1.807, 2.05) is 18.2 Å². The largest absolute Gasteiger partial charge is 0.284 e. The summed E-state index contributed by atoms with van der Waals surface area (Å²) in [6.45, 7) is 6.48. The highest BCUT2D eigenvalue weighted by Crippen LogP contribution is 2.37. The molecule has 0 radical (unpaired) electrons. The topological polar surface area (TPSA) is 43.1 Å². The SMILES string of the molecule is CC(C)(C)c1ccc(Sc2ccc(Br)cc2[N+](=O)[O-])cc1. The van der Waals surface area contributed by atoms with Gasteiger partial charge in [0.15, 0.2) is 0 Å². The van der Waals surface area contributed by atoms with Crippen molar-refractivity contribution in [2.75, 3.05) is 0 Å². The van der Waals surface area contributed by atoms with Crippen LogP contribution in [0.2, 0.25) is 0 Å². The van der Waals surface area contributed by atoms with Crippen molar-refractivity contribution in [1.29, 1.82) is 0 Å². The minimum absolute atomic E-state index is 0.104. The van der Waals surface area contributed by atoms with Crippen LogP contribution < -0.4 is 0 Å². The van der Waals surface area contributed by atoms with Crippen LogP contribution in [0.5, 0.6) is 0 Å². The van der Waals surface area contributed by atoms with Gasteiger partial charge in [-0.05, 0) is 35.2 Å². The lowest BCUT2D eigenvalue weighted by atomic mass is 9.87. The Balaban J connectivity index is 2.28. The van der Waals surface area contributed by atoms with Crippen LogP contribution in [0, 0.1) is 10.1 Å².